The van der Waals surface area contributed by atoms with Gasteiger partial charge in [-0.2, -0.15) is 0 Å². The molecule has 3 aromatic carbocycles. The van der Waals surface area contributed by atoms with E-state index in [0.717, 1.165) is 34.2 Å². The van der Waals surface area contributed by atoms with E-state index in [1.54, 1.807) is 18.2 Å². The van der Waals surface area contributed by atoms with E-state index in [1.165, 1.54) is 25.7 Å². The summed E-state index contributed by atoms with van der Waals surface area (Å²) in [6, 6.07) is 14.5. The molecule has 1 unspecified atom stereocenters. The molecule has 1 radical (unpaired) electrons. The number of Topliss-reactive ketones (excluding diaryl/α,β-unsaturated/α-hetero) is 2. The van der Waals surface area contributed by atoms with E-state index >= 15 is 0 Å². The molecule has 1 atom stereocenters. The predicted molar refractivity (Wildman–Crippen MR) is 151 cm³/mol. The van der Waals surface area contributed by atoms with Crippen LogP contribution < -0.4 is 0 Å². The highest BCUT2D eigenvalue weighted by Crippen LogP contribution is 2.49. The molecule has 0 fully saturated rings. The van der Waals surface area contributed by atoms with Crippen LogP contribution in [0.15, 0.2) is 60.7 Å². The van der Waals surface area contributed by atoms with Gasteiger partial charge in [-0.1, -0.05) is 63.1 Å². The average molecular weight is 532 g/mol. The summed E-state index contributed by atoms with van der Waals surface area (Å²) in [5.74, 6) is 3.53. The Hall–Kier alpha value is -3.92. The number of hydrogen-bond acceptors (Lipinski definition) is 4. The molecule has 0 saturated heterocycles. The summed E-state index contributed by atoms with van der Waals surface area (Å²) in [6.07, 6.45) is 3.20. The van der Waals surface area contributed by atoms with Gasteiger partial charge in [0.1, 0.15) is 11.6 Å². The second kappa shape index (κ2) is 13.2. The van der Waals surface area contributed by atoms with Crippen LogP contribution in [0.4, 0.5) is 8.78 Å². The summed E-state index contributed by atoms with van der Waals surface area (Å²) in [6.45, 7) is 8.06. The first kappa shape index (κ1) is 29.6. The van der Waals surface area contributed by atoms with Gasteiger partial charge in [-0.3, -0.25) is 9.59 Å². The standard InChI is InChI=1S/C26H13F2O2.C4H10O2.C3H8.H2/c1-14-2-5-17(21-13-22(21)18-7-4-16(27)12-24(18)28)20(10-14)15-3-6-19-23(11-15)26(30)9-8-25(19)29;1-3-4(5)6-2;1-3-2;/h2-7,10-13H,1H3;4-5H,3H2,1-2H3;3H2,1-2H3;1H. The summed E-state index contributed by atoms with van der Waals surface area (Å²) < 4.78 is 31.9. The summed E-state index contributed by atoms with van der Waals surface area (Å²) in [7, 11) is 1.48. The molecule has 5 rings (SSSR count). The van der Waals surface area contributed by atoms with E-state index in [-0.39, 0.29) is 13.0 Å². The van der Waals surface area contributed by atoms with Gasteiger partial charge in [0.05, 0.1) is 5.92 Å². The van der Waals surface area contributed by atoms with E-state index in [4.69, 9.17) is 5.11 Å². The van der Waals surface area contributed by atoms with Crippen LogP contribution in [0.2, 0.25) is 0 Å². The first-order valence-corrected chi connectivity index (χ1v) is 12.8. The number of fused-ring (bicyclic) bond motifs is 1. The molecule has 0 spiro atoms. The highest BCUT2D eigenvalue weighted by atomic mass is 19.1. The third-order valence-electron chi connectivity index (χ3n) is 5.91. The van der Waals surface area contributed by atoms with E-state index in [1.807, 2.05) is 38.1 Å². The number of hydrogen-bond donors (Lipinski definition) is 1. The minimum Gasteiger partial charge on any atom is -0.368 e. The quantitative estimate of drug-likeness (QED) is 0.212. The molecule has 2 aliphatic rings. The Morgan fingerprint density at radius 3 is 2.05 bits per heavy atom. The summed E-state index contributed by atoms with van der Waals surface area (Å²) >= 11 is 0. The van der Waals surface area contributed by atoms with Crippen LogP contribution in [-0.4, -0.2) is 30.1 Å². The second-order valence-electron chi connectivity index (χ2n) is 9.12. The Bertz CT molecular complexity index is 1480. The highest BCUT2D eigenvalue weighted by Gasteiger charge is 2.33. The molecule has 0 saturated carbocycles. The van der Waals surface area contributed by atoms with E-state index in [9.17, 15) is 18.4 Å². The molecule has 0 bridgehead atoms. The van der Waals surface area contributed by atoms with Crippen molar-refractivity contribution < 1.29 is 29.6 Å². The lowest BCUT2D eigenvalue weighted by Crippen LogP contribution is -2.11. The van der Waals surface area contributed by atoms with Gasteiger partial charge in [0, 0.05) is 31.3 Å². The predicted octanol–water partition coefficient (Wildman–Crippen LogP) is 7.37. The van der Waals surface area contributed by atoms with Crippen LogP contribution in [0.5, 0.6) is 0 Å². The Morgan fingerprint density at radius 1 is 0.846 bits per heavy atom. The average Bonchev–Trinajstić information content (AvgIpc) is 3.71. The maximum absolute atomic E-state index is 14.2. The van der Waals surface area contributed by atoms with Gasteiger partial charge >= 0.3 is 0 Å². The molecular formula is C33H33F2O4. The Balaban J connectivity index is 0.000000492. The summed E-state index contributed by atoms with van der Waals surface area (Å²) in [4.78, 5) is 24.2. The smallest absolute Gasteiger partial charge is 0.237 e. The van der Waals surface area contributed by atoms with Gasteiger partial charge in [-0.15, -0.1) is 0 Å². The van der Waals surface area contributed by atoms with Gasteiger partial charge in [-0.05, 0) is 71.7 Å². The molecule has 0 aromatic heterocycles. The molecule has 1 N–H and O–H groups in total. The van der Waals surface area contributed by atoms with Crippen molar-refractivity contribution in [3.8, 4) is 23.0 Å². The number of carbonyl (C=O) groups is 2. The normalized spacial score (nSPS) is 14.0. The Kier molecular flexibility index (Phi) is 10.1. The number of benzene rings is 3. The largest absolute Gasteiger partial charge is 0.368 e. The third-order valence-corrected chi connectivity index (χ3v) is 5.91. The number of ether oxygens (including phenoxy) is 1. The number of halogens is 2. The zero-order valence-corrected chi connectivity index (χ0v) is 22.7. The molecular weight excluding hydrogens is 498 g/mol. The molecule has 4 nitrogen and oxygen atoms in total. The zero-order chi connectivity index (χ0) is 28.7. The van der Waals surface area contributed by atoms with Crippen LogP contribution in [0, 0.1) is 36.3 Å². The van der Waals surface area contributed by atoms with Crippen LogP contribution in [0.3, 0.4) is 0 Å². The van der Waals surface area contributed by atoms with Crippen molar-refractivity contribution in [1.29, 1.82) is 0 Å². The number of rotatable bonds is 5. The molecule has 3 aromatic rings. The number of aliphatic hydroxyl groups is 1. The fraction of sp³-hybridized carbons (Fsp3) is 0.242. The van der Waals surface area contributed by atoms with Crippen molar-refractivity contribution in [3.63, 3.8) is 0 Å². The van der Waals surface area contributed by atoms with Crippen LogP contribution in [0.25, 0.3) is 16.7 Å². The fourth-order valence-electron chi connectivity index (χ4n) is 3.91. The molecule has 2 aliphatic carbocycles. The van der Waals surface area contributed by atoms with Gasteiger partial charge in [0.2, 0.25) is 11.6 Å². The molecule has 0 heterocycles. The van der Waals surface area contributed by atoms with Gasteiger partial charge in [0.15, 0.2) is 6.29 Å². The number of methoxy groups -OCH3 is 1. The zero-order valence-electron chi connectivity index (χ0n) is 22.7. The monoisotopic (exact) mass is 531 g/mol. The van der Waals surface area contributed by atoms with Crippen molar-refractivity contribution in [2.75, 3.05) is 7.11 Å². The van der Waals surface area contributed by atoms with Crippen LogP contribution in [-0.2, 0) is 4.74 Å². The number of carbonyl (C=O) groups excluding carboxylic acids is 2. The van der Waals surface area contributed by atoms with Crippen molar-refractivity contribution in [3.05, 3.63) is 106 Å². The lowest BCUT2D eigenvalue weighted by atomic mass is 9.88. The molecule has 0 amide bonds. The van der Waals surface area contributed by atoms with E-state index in [0.29, 0.717) is 28.7 Å². The van der Waals surface area contributed by atoms with Gasteiger partial charge in [0.25, 0.3) is 0 Å². The van der Waals surface area contributed by atoms with E-state index < -0.39 is 17.9 Å². The first-order chi connectivity index (χ1) is 18.6. The molecule has 6 heteroatoms. The number of aryl methyl sites for hydroxylation is 1. The topological polar surface area (TPSA) is 63.6 Å². The lowest BCUT2D eigenvalue weighted by molar-refractivity contribution is -0.0748. The molecule has 0 aliphatic heterocycles. The van der Waals surface area contributed by atoms with Crippen molar-refractivity contribution >= 4 is 17.1 Å². The number of aliphatic hydroxyl groups excluding tert-OH is 1. The first-order valence-electron chi connectivity index (χ1n) is 12.8. The second-order valence-corrected chi connectivity index (χ2v) is 9.12. The van der Waals surface area contributed by atoms with Crippen LogP contribution in [0.1, 0.15) is 72.4 Å². The highest BCUT2D eigenvalue weighted by molar-refractivity contribution is 6.26. The van der Waals surface area contributed by atoms with Gasteiger partial charge in [-0.25, -0.2) is 8.78 Å². The minimum absolute atomic E-state index is 0. The van der Waals surface area contributed by atoms with Crippen LogP contribution >= 0.6 is 0 Å². The minimum atomic E-state index is -0.619. The van der Waals surface area contributed by atoms with Crippen molar-refractivity contribution in [1.82, 2.24) is 0 Å². The molecule has 203 valence electrons. The SMILES string of the molecule is CCC.CCC(O)OC.Cc1ccc([C]2C=C2c2ccc(F)cc2F)c(-c2ccc3c(c2)C(=O)C#CC3=O)c1.[HH]. The third kappa shape index (κ3) is 7.14. The fourth-order valence-corrected chi connectivity index (χ4v) is 3.91. The van der Waals surface area contributed by atoms with Crippen molar-refractivity contribution in [2.45, 2.75) is 46.8 Å². The number of ketones is 2. The number of allylic oxidation sites excluding steroid dienone is 2. The molecule has 39 heavy (non-hydrogen) atoms. The lowest BCUT2D eigenvalue weighted by Gasteiger charge is -2.14. The maximum atomic E-state index is 14.2. The summed E-state index contributed by atoms with van der Waals surface area (Å²) in [5.41, 5.74) is 5.19. The van der Waals surface area contributed by atoms with E-state index in [2.05, 4.69) is 30.4 Å². The Labute approximate surface area is 229 Å². The van der Waals surface area contributed by atoms with Gasteiger partial charge < -0.3 is 9.84 Å². The maximum Gasteiger partial charge on any atom is 0.237 e. The Morgan fingerprint density at radius 2 is 1.46 bits per heavy atom. The van der Waals surface area contributed by atoms with Crippen molar-refractivity contribution in [2.24, 2.45) is 0 Å². The summed E-state index contributed by atoms with van der Waals surface area (Å²) in [5, 5.41) is 8.44.